The van der Waals surface area contributed by atoms with Crippen molar-refractivity contribution in [2.45, 2.75) is 13.8 Å². The zero-order chi connectivity index (χ0) is 13.3. The first kappa shape index (κ1) is 12.0. The van der Waals surface area contributed by atoms with Crippen molar-refractivity contribution in [2.75, 3.05) is 0 Å². The van der Waals surface area contributed by atoms with Crippen molar-refractivity contribution in [3.8, 4) is 5.69 Å². The average Bonchev–Trinajstić information content (AvgIpc) is 2.35. The van der Waals surface area contributed by atoms with Gasteiger partial charge in [0.25, 0.3) is 11.5 Å². The van der Waals surface area contributed by atoms with Crippen LogP contribution in [0.25, 0.3) is 5.69 Å². The minimum Gasteiger partial charge on any atom is -0.365 e. The van der Waals surface area contributed by atoms with Gasteiger partial charge in [-0.2, -0.15) is 0 Å². The molecule has 5 nitrogen and oxygen atoms in total. The van der Waals surface area contributed by atoms with E-state index in [1.165, 1.54) is 10.6 Å². The minimum absolute atomic E-state index is 0.0121. The predicted molar refractivity (Wildman–Crippen MR) is 67.8 cm³/mol. The third-order valence-corrected chi connectivity index (χ3v) is 2.87. The summed E-state index contributed by atoms with van der Waals surface area (Å²) in [5.41, 5.74) is 6.99. The van der Waals surface area contributed by atoms with Gasteiger partial charge in [0, 0.05) is 11.9 Å². The molecule has 1 amide bonds. The molecule has 0 saturated heterocycles. The first-order chi connectivity index (χ1) is 8.52. The second-order valence-corrected chi connectivity index (χ2v) is 4.04. The van der Waals surface area contributed by atoms with Gasteiger partial charge in [-0.05, 0) is 37.6 Å². The first-order valence-electron chi connectivity index (χ1n) is 5.46. The van der Waals surface area contributed by atoms with E-state index in [0.29, 0.717) is 5.69 Å². The highest BCUT2D eigenvalue weighted by molar-refractivity contribution is 5.92. The maximum Gasteiger partial charge on any atom is 0.268 e. The molecule has 2 aromatic rings. The Morgan fingerprint density at radius 1 is 1.39 bits per heavy atom. The number of aromatic nitrogens is 2. The molecule has 0 aliphatic heterocycles. The van der Waals surface area contributed by atoms with Crippen LogP contribution in [0.1, 0.15) is 21.6 Å². The Labute approximate surface area is 104 Å². The van der Waals surface area contributed by atoms with Gasteiger partial charge in [0.2, 0.25) is 0 Å². The summed E-state index contributed by atoms with van der Waals surface area (Å²) in [6, 6.07) is 5.01. The molecule has 0 aromatic carbocycles. The van der Waals surface area contributed by atoms with Gasteiger partial charge in [-0.25, -0.2) is 0 Å². The molecule has 92 valence electrons. The topological polar surface area (TPSA) is 78.0 Å². The minimum atomic E-state index is -0.722. The highest BCUT2D eigenvalue weighted by Gasteiger charge is 2.14. The van der Waals surface area contributed by atoms with Crippen LogP contribution < -0.4 is 11.3 Å². The molecular weight excluding hydrogens is 230 g/mol. The molecule has 0 aliphatic rings. The zero-order valence-electron chi connectivity index (χ0n) is 10.2. The Balaban J connectivity index is 2.82. The highest BCUT2D eigenvalue weighted by Crippen LogP contribution is 2.11. The van der Waals surface area contributed by atoms with Crippen molar-refractivity contribution in [3.63, 3.8) is 0 Å². The highest BCUT2D eigenvalue weighted by atomic mass is 16.2. The smallest absolute Gasteiger partial charge is 0.268 e. The van der Waals surface area contributed by atoms with E-state index in [0.717, 1.165) is 11.3 Å². The molecule has 18 heavy (non-hydrogen) atoms. The summed E-state index contributed by atoms with van der Waals surface area (Å²) in [6.07, 6.45) is 3.19. The summed E-state index contributed by atoms with van der Waals surface area (Å²) in [5.74, 6) is -0.722. The number of pyridine rings is 2. The average molecular weight is 243 g/mol. The molecule has 0 radical (unpaired) electrons. The summed E-state index contributed by atoms with van der Waals surface area (Å²) in [5, 5.41) is 0. The van der Waals surface area contributed by atoms with Crippen LogP contribution in [0.3, 0.4) is 0 Å². The molecule has 0 fully saturated rings. The summed E-state index contributed by atoms with van der Waals surface area (Å²) in [7, 11) is 0. The van der Waals surface area contributed by atoms with Crippen LogP contribution in [0.5, 0.6) is 0 Å². The number of nitrogens with two attached hydrogens (primary N) is 1. The van der Waals surface area contributed by atoms with E-state index < -0.39 is 11.5 Å². The molecule has 0 bridgehead atoms. The third-order valence-electron chi connectivity index (χ3n) is 2.87. The van der Waals surface area contributed by atoms with Gasteiger partial charge in [-0.15, -0.1) is 0 Å². The zero-order valence-corrected chi connectivity index (χ0v) is 10.2. The van der Waals surface area contributed by atoms with Gasteiger partial charge < -0.3 is 5.73 Å². The number of carbonyl (C=O) groups excluding carboxylic acids is 1. The lowest BCUT2D eigenvalue weighted by molar-refractivity contribution is 0.0998. The van der Waals surface area contributed by atoms with Gasteiger partial charge >= 0.3 is 0 Å². The van der Waals surface area contributed by atoms with E-state index in [1.807, 2.05) is 13.8 Å². The fourth-order valence-corrected chi connectivity index (χ4v) is 1.81. The normalized spacial score (nSPS) is 10.3. The Bertz CT molecular complexity index is 660. The maximum absolute atomic E-state index is 12.2. The van der Waals surface area contributed by atoms with E-state index >= 15 is 0 Å². The van der Waals surface area contributed by atoms with Crippen LogP contribution >= 0.6 is 0 Å². The molecule has 0 unspecified atom stereocenters. The number of carbonyl (C=O) groups is 1. The molecule has 0 saturated carbocycles. The number of hydrogen-bond acceptors (Lipinski definition) is 3. The van der Waals surface area contributed by atoms with Crippen molar-refractivity contribution >= 4 is 5.91 Å². The summed E-state index contributed by atoms with van der Waals surface area (Å²) in [6.45, 7) is 3.64. The van der Waals surface area contributed by atoms with Crippen molar-refractivity contribution in [2.24, 2.45) is 5.73 Å². The lowest BCUT2D eigenvalue weighted by Crippen LogP contribution is -2.30. The van der Waals surface area contributed by atoms with Gasteiger partial charge in [-0.1, -0.05) is 0 Å². The number of aryl methyl sites for hydroxylation is 1. The standard InChI is InChI=1S/C13H13N3O2/c1-8-6-11(12(14)17)13(18)16(9(8)2)10-4-3-5-15-7-10/h3-7H,1-2H3,(H2,14,17). The van der Waals surface area contributed by atoms with Crippen LogP contribution in [0, 0.1) is 13.8 Å². The summed E-state index contributed by atoms with van der Waals surface area (Å²) in [4.78, 5) is 27.5. The molecule has 0 spiro atoms. The number of amides is 1. The van der Waals surface area contributed by atoms with Crippen LogP contribution in [0.2, 0.25) is 0 Å². The number of primary amides is 1. The second kappa shape index (κ2) is 4.44. The molecule has 2 N–H and O–H groups in total. The lowest BCUT2D eigenvalue weighted by atomic mass is 10.1. The van der Waals surface area contributed by atoms with Crippen LogP contribution in [0.4, 0.5) is 0 Å². The van der Waals surface area contributed by atoms with Crippen molar-refractivity contribution in [3.05, 3.63) is 57.8 Å². The molecule has 5 heteroatoms. The van der Waals surface area contributed by atoms with Crippen LogP contribution in [-0.2, 0) is 0 Å². The third kappa shape index (κ3) is 1.90. The van der Waals surface area contributed by atoms with Crippen molar-refractivity contribution < 1.29 is 4.79 Å². The van der Waals surface area contributed by atoms with Gasteiger partial charge in [0.15, 0.2) is 0 Å². The quantitative estimate of drug-likeness (QED) is 0.852. The summed E-state index contributed by atoms with van der Waals surface area (Å²) < 4.78 is 1.45. The second-order valence-electron chi connectivity index (χ2n) is 4.04. The Morgan fingerprint density at radius 3 is 2.67 bits per heavy atom. The van der Waals surface area contributed by atoms with E-state index in [1.54, 1.807) is 24.5 Å². The SMILES string of the molecule is Cc1cc(C(N)=O)c(=O)n(-c2cccnc2)c1C. The van der Waals surface area contributed by atoms with Crippen LogP contribution in [-0.4, -0.2) is 15.5 Å². The monoisotopic (exact) mass is 243 g/mol. The lowest BCUT2D eigenvalue weighted by Gasteiger charge is -2.13. The fourth-order valence-electron chi connectivity index (χ4n) is 1.81. The van der Waals surface area contributed by atoms with Crippen molar-refractivity contribution in [1.82, 2.24) is 9.55 Å². The van der Waals surface area contributed by atoms with E-state index in [9.17, 15) is 9.59 Å². The number of hydrogen-bond donors (Lipinski definition) is 1. The Hall–Kier alpha value is -2.43. The Kier molecular flexibility index (Phi) is 2.97. The first-order valence-corrected chi connectivity index (χ1v) is 5.46. The van der Waals surface area contributed by atoms with E-state index in [2.05, 4.69) is 4.98 Å². The summed E-state index contributed by atoms with van der Waals surface area (Å²) >= 11 is 0. The molecule has 0 aliphatic carbocycles. The molecule has 0 atom stereocenters. The Morgan fingerprint density at radius 2 is 2.11 bits per heavy atom. The fraction of sp³-hybridized carbons (Fsp3) is 0.154. The maximum atomic E-state index is 12.2. The molecular formula is C13H13N3O2. The number of rotatable bonds is 2. The van der Waals surface area contributed by atoms with Crippen molar-refractivity contribution in [1.29, 1.82) is 0 Å². The molecule has 2 heterocycles. The van der Waals surface area contributed by atoms with Crippen LogP contribution in [0.15, 0.2) is 35.4 Å². The largest absolute Gasteiger partial charge is 0.365 e. The van der Waals surface area contributed by atoms with Gasteiger partial charge in [-0.3, -0.25) is 19.1 Å². The van der Waals surface area contributed by atoms with Gasteiger partial charge in [0.05, 0.1) is 11.9 Å². The van der Waals surface area contributed by atoms with Gasteiger partial charge in [0.1, 0.15) is 5.56 Å². The predicted octanol–water partition coefficient (Wildman–Crippen LogP) is 0.948. The number of nitrogens with zero attached hydrogens (tertiary/aromatic N) is 2. The van der Waals surface area contributed by atoms with E-state index in [4.69, 9.17) is 5.73 Å². The molecule has 2 rings (SSSR count). The molecule has 2 aromatic heterocycles. The van der Waals surface area contributed by atoms with E-state index in [-0.39, 0.29) is 5.56 Å².